The fourth-order valence-electron chi connectivity index (χ4n) is 2.80. The molecule has 1 aliphatic heterocycles. The van der Waals surface area contributed by atoms with Crippen LogP contribution in [-0.2, 0) is 4.79 Å². The van der Waals surface area contributed by atoms with Crippen molar-refractivity contribution in [2.24, 2.45) is 11.7 Å². The molecule has 0 spiro atoms. The zero-order chi connectivity index (χ0) is 14.0. The van der Waals surface area contributed by atoms with Crippen LogP contribution in [0.15, 0.2) is 24.3 Å². The molecule has 1 aromatic rings. The van der Waals surface area contributed by atoms with E-state index in [1.165, 1.54) is 11.1 Å². The van der Waals surface area contributed by atoms with Crippen LogP contribution in [0.4, 0.5) is 0 Å². The van der Waals surface area contributed by atoms with Crippen LogP contribution in [0.5, 0.6) is 0 Å². The standard InChI is InChI=1S/C16H24N2O/c1-11-7-4-5-8-14(11)15-9-6-10-18(15)16(19)12(2)13(3)17/h4-5,7-8,12-13,15H,6,9-10,17H2,1-3H3. The number of benzene rings is 1. The predicted octanol–water partition coefficient (Wildman–Crippen LogP) is 2.64. The number of hydrogen-bond donors (Lipinski definition) is 1. The topological polar surface area (TPSA) is 46.3 Å². The summed E-state index contributed by atoms with van der Waals surface area (Å²) in [6.07, 6.45) is 2.14. The van der Waals surface area contributed by atoms with Gasteiger partial charge in [-0.15, -0.1) is 0 Å². The number of carbonyl (C=O) groups excluding carboxylic acids is 1. The molecule has 1 heterocycles. The molecule has 3 atom stereocenters. The first-order valence-corrected chi connectivity index (χ1v) is 7.14. The number of aryl methyl sites for hydroxylation is 1. The monoisotopic (exact) mass is 260 g/mol. The van der Waals surface area contributed by atoms with Crippen molar-refractivity contribution in [1.29, 1.82) is 0 Å². The Bertz CT molecular complexity index is 456. The highest BCUT2D eigenvalue weighted by Crippen LogP contribution is 2.34. The summed E-state index contributed by atoms with van der Waals surface area (Å²) in [5.41, 5.74) is 8.42. The van der Waals surface area contributed by atoms with Gasteiger partial charge in [0.15, 0.2) is 0 Å². The smallest absolute Gasteiger partial charge is 0.227 e. The number of rotatable bonds is 3. The second-order valence-corrected chi connectivity index (χ2v) is 5.69. The summed E-state index contributed by atoms with van der Waals surface area (Å²) in [5.74, 6) is 0.0883. The number of nitrogens with zero attached hydrogens (tertiary/aromatic N) is 1. The fraction of sp³-hybridized carbons (Fsp3) is 0.562. The van der Waals surface area contributed by atoms with Crippen molar-refractivity contribution in [3.8, 4) is 0 Å². The van der Waals surface area contributed by atoms with E-state index in [0.29, 0.717) is 0 Å². The molecule has 3 unspecified atom stereocenters. The average Bonchev–Trinajstić information content (AvgIpc) is 2.86. The molecule has 2 N–H and O–H groups in total. The molecule has 0 bridgehead atoms. The maximum absolute atomic E-state index is 12.5. The Kier molecular flexibility index (Phi) is 4.25. The van der Waals surface area contributed by atoms with E-state index in [1.807, 2.05) is 24.8 Å². The third kappa shape index (κ3) is 2.81. The van der Waals surface area contributed by atoms with Crippen LogP contribution < -0.4 is 5.73 Å². The normalized spacial score (nSPS) is 22.3. The lowest BCUT2D eigenvalue weighted by atomic mass is 9.97. The maximum Gasteiger partial charge on any atom is 0.227 e. The molecule has 1 amide bonds. The molecule has 19 heavy (non-hydrogen) atoms. The number of likely N-dealkylation sites (tertiary alicyclic amines) is 1. The molecule has 1 aliphatic rings. The summed E-state index contributed by atoms with van der Waals surface area (Å²) in [6.45, 7) is 6.81. The summed E-state index contributed by atoms with van der Waals surface area (Å²) in [4.78, 5) is 14.6. The van der Waals surface area contributed by atoms with Crippen LogP contribution in [0, 0.1) is 12.8 Å². The van der Waals surface area contributed by atoms with Gasteiger partial charge in [-0.2, -0.15) is 0 Å². The molecule has 0 aromatic heterocycles. The highest BCUT2D eigenvalue weighted by atomic mass is 16.2. The van der Waals surface area contributed by atoms with Gasteiger partial charge in [0, 0.05) is 12.6 Å². The SMILES string of the molecule is Cc1ccccc1C1CCCN1C(=O)C(C)C(C)N. The van der Waals surface area contributed by atoms with Crippen LogP contribution in [0.25, 0.3) is 0 Å². The first kappa shape index (κ1) is 14.1. The van der Waals surface area contributed by atoms with Crippen molar-refractivity contribution < 1.29 is 4.79 Å². The fourth-order valence-corrected chi connectivity index (χ4v) is 2.80. The Balaban J connectivity index is 2.22. The molecule has 104 valence electrons. The third-order valence-electron chi connectivity index (χ3n) is 4.26. The van der Waals surface area contributed by atoms with Crippen molar-refractivity contribution in [3.05, 3.63) is 35.4 Å². The zero-order valence-electron chi connectivity index (χ0n) is 12.1. The lowest BCUT2D eigenvalue weighted by molar-refractivity contribution is -0.136. The molecular formula is C16H24N2O. The zero-order valence-corrected chi connectivity index (χ0v) is 12.1. The van der Waals surface area contributed by atoms with E-state index < -0.39 is 0 Å². The lowest BCUT2D eigenvalue weighted by Crippen LogP contribution is -2.41. The van der Waals surface area contributed by atoms with E-state index in [0.717, 1.165) is 19.4 Å². The van der Waals surface area contributed by atoms with Gasteiger partial charge >= 0.3 is 0 Å². The molecule has 0 saturated carbocycles. The first-order valence-electron chi connectivity index (χ1n) is 7.14. The van der Waals surface area contributed by atoms with Gasteiger partial charge in [0.05, 0.1) is 12.0 Å². The largest absolute Gasteiger partial charge is 0.335 e. The summed E-state index contributed by atoms with van der Waals surface area (Å²) < 4.78 is 0. The average molecular weight is 260 g/mol. The Labute approximate surface area is 115 Å². The van der Waals surface area contributed by atoms with Crippen LogP contribution in [0.1, 0.15) is 43.9 Å². The highest BCUT2D eigenvalue weighted by molar-refractivity contribution is 5.80. The Morgan fingerprint density at radius 2 is 2.05 bits per heavy atom. The van der Waals surface area contributed by atoms with Gasteiger partial charge in [-0.05, 0) is 37.8 Å². The minimum absolute atomic E-state index is 0.0920. The summed E-state index contributed by atoms with van der Waals surface area (Å²) in [5, 5.41) is 0. The third-order valence-corrected chi connectivity index (χ3v) is 4.26. The number of carbonyl (C=O) groups is 1. The number of nitrogens with two attached hydrogens (primary N) is 1. The van der Waals surface area contributed by atoms with Crippen LogP contribution in [0.3, 0.4) is 0 Å². The van der Waals surface area contributed by atoms with E-state index in [2.05, 4.69) is 25.1 Å². The molecule has 3 nitrogen and oxygen atoms in total. The molecule has 1 aromatic carbocycles. The minimum Gasteiger partial charge on any atom is -0.335 e. The van der Waals surface area contributed by atoms with Gasteiger partial charge in [-0.1, -0.05) is 31.2 Å². The van der Waals surface area contributed by atoms with Crippen molar-refractivity contribution in [3.63, 3.8) is 0 Å². The number of amides is 1. The Morgan fingerprint density at radius 3 is 2.68 bits per heavy atom. The second-order valence-electron chi connectivity index (χ2n) is 5.69. The van der Waals surface area contributed by atoms with Crippen molar-refractivity contribution in [2.75, 3.05) is 6.54 Å². The van der Waals surface area contributed by atoms with E-state index in [-0.39, 0.29) is 23.9 Å². The van der Waals surface area contributed by atoms with Gasteiger partial charge in [-0.3, -0.25) is 4.79 Å². The molecular weight excluding hydrogens is 236 g/mol. The quantitative estimate of drug-likeness (QED) is 0.908. The van der Waals surface area contributed by atoms with Gasteiger partial charge < -0.3 is 10.6 Å². The molecule has 0 aliphatic carbocycles. The van der Waals surface area contributed by atoms with Crippen LogP contribution in [0.2, 0.25) is 0 Å². The minimum atomic E-state index is -0.107. The molecule has 3 heteroatoms. The summed E-state index contributed by atoms with van der Waals surface area (Å²) in [6, 6.07) is 8.50. The van der Waals surface area contributed by atoms with E-state index in [1.54, 1.807) is 0 Å². The van der Waals surface area contributed by atoms with Crippen molar-refractivity contribution >= 4 is 5.91 Å². The van der Waals surface area contributed by atoms with E-state index in [9.17, 15) is 4.79 Å². The maximum atomic E-state index is 12.5. The van der Waals surface area contributed by atoms with Gasteiger partial charge in [-0.25, -0.2) is 0 Å². The summed E-state index contributed by atoms with van der Waals surface area (Å²) >= 11 is 0. The van der Waals surface area contributed by atoms with Gasteiger partial charge in [0.25, 0.3) is 0 Å². The summed E-state index contributed by atoms with van der Waals surface area (Å²) in [7, 11) is 0. The number of hydrogen-bond acceptors (Lipinski definition) is 2. The van der Waals surface area contributed by atoms with Crippen molar-refractivity contribution in [2.45, 2.75) is 45.7 Å². The van der Waals surface area contributed by atoms with Gasteiger partial charge in [0.1, 0.15) is 0 Å². The van der Waals surface area contributed by atoms with E-state index in [4.69, 9.17) is 5.73 Å². The Hall–Kier alpha value is -1.35. The second kappa shape index (κ2) is 5.74. The first-order chi connectivity index (χ1) is 9.02. The van der Waals surface area contributed by atoms with E-state index >= 15 is 0 Å². The molecule has 1 fully saturated rings. The molecule has 1 saturated heterocycles. The van der Waals surface area contributed by atoms with Crippen molar-refractivity contribution in [1.82, 2.24) is 4.90 Å². The highest BCUT2D eigenvalue weighted by Gasteiger charge is 2.33. The molecule has 2 rings (SSSR count). The van der Waals surface area contributed by atoms with Crippen LogP contribution in [-0.4, -0.2) is 23.4 Å². The molecule has 0 radical (unpaired) electrons. The predicted molar refractivity (Wildman–Crippen MR) is 77.7 cm³/mol. The van der Waals surface area contributed by atoms with Gasteiger partial charge in [0.2, 0.25) is 5.91 Å². The lowest BCUT2D eigenvalue weighted by Gasteiger charge is -2.30. The Morgan fingerprint density at radius 1 is 1.37 bits per heavy atom. The van der Waals surface area contributed by atoms with Crippen LogP contribution >= 0.6 is 0 Å².